The first kappa shape index (κ1) is 53.9. The standard InChI is InChI=1S/C52H52BF15N2/c1-20(2)26-13-29(22(5)6)51(30(14-26)23(7)8)69-18-28(70(19-69)52-31(24(9)10)15-27(21(3)4)16-32(52)25(11)12)17-53(33-36(54)42(60)48(66)43(61)37(33)55,34-38(56)44(62)49(67)45(63)39(34)57)35-40(58)46(64)50(68)47(65)41(35)59/h13-16,19-25,28H,17-18H2,1-12H3/t28-/m1/s1. The second-order valence-electron chi connectivity index (χ2n) is 20.1. The highest BCUT2D eigenvalue weighted by Gasteiger charge is 2.52. The predicted molar refractivity (Wildman–Crippen MR) is 243 cm³/mol. The fourth-order valence-electron chi connectivity index (χ4n) is 10.0. The van der Waals surface area contributed by atoms with E-state index in [-0.39, 0.29) is 29.4 Å². The smallest absolute Gasteiger partial charge is 0.230 e. The summed E-state index contributed by atoms with van der Waals surface area (Å²) in [4.78, 5) is 1.35. The van der Waals surface area contributed by atoms with Gasteiger partial charge in [-0.25, -0.2) is 75.3 Å². The molecule has 0 aromatic heterocycles. The van der Waals surface area contributed by atoms with Crippen LogP contribution in [-0.2, 0) is 0 Å². The number of halogens is 15. The van der Waals surface area contributed by atoms with Gasteiger partial charge in [0.15, 0.2) is 52.4 Å². The number of hydrogen-bond donors (Lipinski definition) is 0. The third-order valence-corrected chi connectivity index (χ3v) is 13.6. The Bertz CT molecular complexity index is 2630. The highest BCUT2D eigenvalue weighted by atomic mass is 19.2. The lowest BCUT2D eigenvalue weighted by Crippen LogP contribution is -2.74. The SMILES string of the molecule is CC(C)c1cc(C(C)C)c(N2C=[N+](c3c(C(C)C)cc(C(C)C)cc3C(C)C)C[C@H]2C[B-](c2c(F)c(F)c(F)c(F)c2F)(c2c(F)c(F)c(F)c(F)c2F)c2c(F)c(F)c(F)c(F)c2F)c(C(C)C)c1. The van der Waals surface area contributed by atoms with Crippen molar-refractivity contribution in [3.05, 3.63) is 145 Å². The number of benzene rings is 5. The second kappa shape index (κ2) is 19.6. The average Bonchev–Trinajstić information content (AvgIpc) is 3.71. The molecule has 18 heteroatoms. The Labute approximate surface area is 397 Å². The van der Waals surface area contributed by atoms with Crippen molar-refractivity contribution in [1.82, 2.24) is 0 Å². The van der Waals surface area contributed by atoms with E-state index in [1.54, 1.807) is 44.4 Å². The molecule has 0 N–H and O–H groups in total. The van der Waals surface area contributed by atoms with Crippen molar-refractivity contribution in [2.75, 3.05) is 11.4 Å². The predicted octanol–water partition coefficient (Wildman–Crippen LogP) is 14.2. The number of anilines is 1. The van der Waals surface area contributed by atoms with Gasteiger partial charge in [0.2, 0.25) is 6.34 Å². The van der Waals surface area contributed by atoms with Gasteiger partial charge in [-0.3, -0.25) is 0 Å². The van der Waals surface area contributed by atoms with E-state index in [1.165, 1.54) is 11.2 Å². The van der Waals surface area contributed by atoms with Crippen molar-refractivity contribution >= 4 is 40.2 Å². The van der Waals surface area contributed by atoms with Gasteiger partial charge in [-0.05, 0) is 46.6 Å². The first-order valence-corrected chi connectivity index (χ1v) is 22.9. The summed E-state index contributed by atoms with van der Waals surface area (Å²) in [7, 11) is 0. The van der Waals surface area contributed by atoms with Gasteiger partial charge in [0.1, 0.15) is 65.0 Å². The van der Waals surface area contributed by atoms with Gasteiger partial charge in [0.05, 0.1) is 0 Å². The molecule has 0 saturated carbocycles. The largest absolute Gasteiger partial charge is 0.244 e. The average molecular weight is 1000 g/mol. The molecule has 0 saturated heterocycles. The molecule has 0 aliphatic carbocycles. The van der Waals surface area contributed by atoms with Crippen LogP contribution in [0.25, 0.3) is 0 Å². The molecule has 1 aliphatic heterocycles. The minimum Gasteiger partial charge on any atom is -0.230 e. The molecule has 6 rings (SSSR count). The summed E-state index contributed by atoms with van der Waals surface area (Å²) in [6.45, 7) is 21.6. The summed E-state index contributed by atoms with van der Waals surface area (Å²) in [5.74, 6) is -46.7. The van der Waals surface area contributed by atoms with Gasteiger partial charge in [-0.1, -0.05) is 107 Å². The van der Waals surface area contributed by atoms with Gasteiger partial charge in [-0.15, -0.1) is 22.7 Å². The maximum absolute atomic E-state index is 16.9. The lowest BCUT2D eigenvalue weighted by atomic mass is 9.13. The zero-order valence-electron chi connectivity index (χ0n) is 40.5. The molecule has 0 amide bonds. The van der Waals surface area contributed by atoms with E-state index in [2.05, 4.69) is 0 Å². The molecule has 5 aromatic carbocycles. The van der Waals surface area contributed by atoms with Crippen LogP contribution in [0.5, 0.6) is 0 Å². The van der Waals surface area contributed by atoms with Crippen LogP contribution in [-0.4, -0.2) is 29.6 Å². The van der Waals surface area contributed by atoms with Crippen molar-refractivity contribution < 1.29 is 70.4 Å². The maximum atomic E-state index is 16.9. The molecule has 0 spiro atoms. The summed E-state index contributed by atoms with van der Waals surface area (Å²) in [5, 5.41) is 0. The van der Waals surface area contributed by atoms with Gasteiger partial charge in [0.25, 0.3) is 0 Å². The van der Waals surface area contributed by atoms with Crippen molar-refractivity contribution in [2.24, 2.45) is 0 Å². The van der Waals surface area contributed by atoms with E-state index >= 15 is 52.7 Å². The fourth-order valence-corrected chi connectivity index (χ4v) is 10.0. The third-order valence-electron chi connectivity index (χ3n) is 13.6. The van der Waals surface area contributed by atoms with Crippen molar-refractivity contribution in [3.8, 4) is 0 Å². The normalized spacial score (nSPS) is 14.6. The summed E-state index contributed by atoms with van der Waals surface area (Å²) in [6, 6.07) is 5.54. The van der Waals surface area contributed by atoms with E-state index in [0.717, 1.165) is 11.1 Å². The molecule has 0 fully saturated rings. The minimum absolute atomic E-state index is 0.0234. The Morgan fingerprint density at radius 2 is 0.657 bits per heavy atom. The lowest BCUT2D eigenvalue weighted by Gasteiger charge is -2.45. The van der Waals surface area contributed by atoms with Gasteiger partial charge in [-0.2, -0.15) is 0 Å². The first-order valence-electron chi connectivity index (χ1n) is 22.9. The molecule has 5 aromatic rings. The van der Waals surface area contributed by atoms with Crippen LogP contribution in [0.15, 0.2) is 24.3 Å². The molecular formula is C52H52BF15N2. The lowest BCUT2D eigenvalue weighted by molar-refractivity contribution is -0.429. The highest BCUT2D eigenvalue weighted by molar-refractivity contribution is 7.11. The number of hydrogen-bond acceptors (Lipinski definition) is 1. The van der Waals surface area contributed by atoms with E-state index < -0.39 is 141 Å². The minimum atomic E-state index is -5.88. The summed E-state index contributed by atoms with van der Waals surface area (Å²) >= 11 is 0. The Morgan fingerprint density at radius 1 is 0.400 bits per heavy atom. The van der Waals surface area contributed by atoms with Crippen LogP contribution in [0.3, 0.4) is 0 Å². The van der Waals surface area contributed by atoms with Crippen molar-refractivity contribution in [3.63, 3.8) is 0 Å². The quantitative estimate of drug-likeness (QED) is 0.0375. The molecule has 1 heterocycles. The molecule has 0 unspecified atom stereocenters. The van der Waals surface area contributed by atoms with E-state index in [4.69, 9.17) is 0 Å². The Kier molecular flexibility index (Phi) is 15.1. The van der Waals surface area contributed by atoms with Crippen LogP contribution < -0.4 is 21.3 Å². The molecular weight excluding hydrogens is 948 g/mol. The van der Waals surface area contributed by atoms with E-state index in [9.17, 15) is 13.2 Å². The molecule has 0 bridgehead atoms. The molecule has 1 aliphatic rings. The van der Waals surface area contributed by atoms with Crippen molar-refractivity contribution in [2.45, 2.75) is 131 Å². The first-order chi connectivity index (χ1) is 32.4. The van der Waals surface area contributed by atoms with Gasteiger partial charge in [0, 0.05) is 22.3 Å². The van der Waals surface area contributed by atoms with Crippen LogP contribution >= 0.6 is 0 Å². The fraction of sp³-hybridized carbons (Fsp3) is 0.404. The summed E-state index contributed by atoms with van der Waals surface area (Å²) in [5.41, 5.74) is -3.04. The monoisotopic (exact) mass is 1000 g/mol. The Balaban J connectivity index is 1.94. The van der Waals surface area contributed by atoms with Gasteiger partial charge < -0.3 is 0 Å². The molecule has 70 heavy (non-hydrogen) atoms. The maximum Gasteiger partial charge on any atom is 0.244 e. The molecule has 1 atom stereocenters. The highest BCUT2D eigenvalue weighted by Crippen LogP contribution is 2.45. The number of nitrogens with zero attached hydrogens (tertiary/aromatic N) is 2. The molecule has 0 radical (unpaired) electrons. The van der Waals surface area contributed by atoms with E-state index in [0.29, 0.717) is 27.9 Å². The van der Waals surface area contributed by atoms with Crippen LogP contribution in [0.1, 0.15) is 152 Å². The summed E-state index contributed by atoms with van der Waals surface area (Å²) in [6.07, 6.45) is -6.27. The van der Waals surface area contributed by atoms with E-state index in [1.807, 2.05) is 67.5 Å². The van der Waals surface area contributed by atoms with Crippen LogP contribution in [0, 0.1) is 87.3 Å². The topological polar surface area (TPSA) is 6.25 Å². The molecule has 378 valence electrons. The van der Waals surface area contributed by atoms with Gasteiger partial charge >= 0.3 is 0 Å². The zero-order valence-corrected chi connectivity index (χ0v) is 40.5. The van der Waals surface area contributed by atoms with Crippen LogP contribution in [0.2, 0.25) is 6.32 Å². The molecule has 2 nitrogen and oxygen atoms in total. The second-order valence-corrected chi connectivity index (χ2v) is 20.1. The summed E-state index contributed by atoms with van der Waals surface area (Å²) < 4.78 is 242. The third kappa shape index (κ3) is 8.66. The zero-order chi connectivity index (χ0) is 52.7. The Hall–Kier alpha value is -5.42. The van der Waals surface area contributed by atoms with Crippen molar-refractivity contribution in [1.29, 1.82) is 0 Å². The van der Waals surface area contributed by atoms with Crippen LogP contribution in [0.4, 0.5) is 77.2 Å². The number of rotatable bonds is 13. The Morgan fingerprint density at radius 3 is 0.914 bits per heavy atom.